The summed E-state index contributed by atoms with van der Waals surface area (Å²) in [5.74, 6) is -0.676. The molecule has 3 aromatic carbocycles. The van der Waals surface area contributed by atoms with Crippen LogP contribution < -0.4 is 10.6 Å². The van der Waals surface area contributed by atoms with E-state index in [1.807, 2.05) is 36.4 Å². The fourth-order valence-electron chi connectivity index (χ4n) is 2.98. The van der Waals surface area contributed by atoms with E-state index >= 15 is 0 Å². The lowest BCUT2D eigenvalue weighted by atomic mass is 10.0. The molecule has 4 nitrogen and oxygen atoms in total. The minimum atomic E-state index is -0.338. The Morgan fingerprint density at radius 3 is 1.83 bits per heavy atom. The first-order valence-corrected chi connectivity index (χ1v) is 7.59. The summed E-state index contributed by atoms with van der Waals surface area (Å²) in [5.41, 5.74) is 9.75. The Morgan fingerprint density at radius 1 is 0.667 bits per heavy atom. The molecule has 0 aromatic heterocycles. The van der Waals surface area contributed by atoms with Crippen LogP contribution in [-0.2, 0) is 0 Å². The van der Waals surface area contributed by atoms with Crippen molar-refractivity contribution in [2.45, 2.75) is 0 Å². The summed E-state index contributed by atoms with van der Waals surface area (Å²) in [5, 5.41) is 0. The Kier molecular flexibility index (Phi) is 3.17. The third kappa shape index (κ3) is 2.08. The summed E-state index contributed by atoms with van der Waals surface area (Å²) in [6.07, 6.45) is 0. The summed E-state index contributed by atoms with van der Waals surface area (Å²) in [6, 6.07) is 22.0. The van der Waals surface area contributed by atoms with Crippen LogP contribution in [0.1, 0.15) is 20.7 Å². The van der Waals surface area contributed by atoms with E-state index in [-0.39, 0.29) is 11.8 Å². The summed E-state index contributed by atoms with van der Waals surface area (Å²) >= 11 is 0. The molecule has 4 rings (SSSR count). The van der Waals surface area contributed by atoms with Crippen molar-refractivity contribution in [3.8, 4) is 11.1 Å². The quantitative estimate of drug-likeness (QED) is 0.579. The maximum atomic E-state index is 12.6. The lowest BCUT2D eigenvalue weighted by Gasteiger charge is -2.17. The average Bonchev–Trinajstić information content (AvgIpc) is 2.87. The van der Waals surface area contributed by atoms with Crippen LogP contribution in [-0.4, -0.2) is 11.8 Å². The number of nitrogen functional groups attached to an aromatic ring is 1. The van der Waals surface area contributed by atoms with Crippen LogP contribution >= 0.6 is 0 Å². The van der Waals surface area contributed by atoms with Crippen molar-refractivity contribution in [2.24, 2.45) is 0 Å². The van der Waals surface area contributed by atoms with Gasteiger partial charge in [0.15, 0.2) is 0 Å². The lowest BCUT2D eigenvalue weighted by molar-refractivity contribution is 0.0926. The van der Waals surface area contributed by atoms with Crippen LogP contribution in [0.5, 0.6) is 0 Å². The fourth-order valence-corrected chi connectivity index (χ4v) is 2.98. The molecule has 0 fully saturated rings. The van der Waals surface area contributed by atoms with Crippen molar-refractivity contribution in [3.63, 3.8) is 0 Å². The van der Waals surface area contributed by atoms with Gasteiger partial charge in [-0.15, -0.1) is 0 Å². The van der Waals surface area contributed by atoms with E-state index < -0.39 is 0 Å². The number of amides is 2. The highest BCUT2D eigenvalue weighted by Gasteiger charge is 2.37. The Bertz CT molecular complexity index is 929. The van der Waals surface area contributed by atoms with E-state index in [1.165, 1.54) is 0 Å². The summed E-state index contributed by atoms with van der Waals surface area (Å²) < 4.78 is 0. The summed E-state index contributed by atoms with van der Waals surface area (Å²) in [4.78, 5) is 26.3. The minimum absolute atomic E-state index is 0.338. The van der Waals surface area contributed by atoms with Gasteiger partial charge < -0.3 is 5.73 Å². The molecule has 116 valence electrons. The van der Waals surface area contributed by atoms with Gasteiger partial charge in [-0.2, -0.15) is 0 Å². The van der Waals surface area contributed by atoms with Gasteiger partial charge in [0, 0.05) is 0 Å². The van der Waals surface area contributed by atoms with Crippen LogP contribution in [0.2, 0.25) is 0 Å². The van der Waals surface area contributed by atoms with Crippen molar-refractivity contribution in [1.82, 2.24) is 0 Å². The van der Waals surface area contributed by atoms with E-state index in [9.17, 15) is 9.59 Å². The first kappa shape index (κ1) is 14.2. The van der Waals surface area contributed by atoms with E-state index in [2.05, 4.69) is 0 Å². The molecule has 0 radical (unpaired) electrons. The number of imide groups is 1. The number of hydrogen-bond acceptors (Lipinski definition) is 3. The predicted molar refractivity (Wildman–Crippen MR) is 93.9 cm³/mol. The molecule has 2 N–H and O–H groups in total. The number of nitrogens with zero attached hydrogens (tertiary/aromatic N) is 1. The van der Waals surface area contributed by atoms with Gasteiger partial charge in [0.1, 0.15) is 0 Å². The minimum Gasteiger partial charge on any atom is -0.397 e. The first-order valence-electron chi connectivity index (χ1n) is 7.59. The maximum absolute atomic E-state index is 12.6. The molecule has 0 atom stereocenters. The molecule has 2 amide bonds. The van der Waals surface area contributed by atoms with E-state index in [1.54, 1.807) is 36.4 Å². The molecule has 0 bridgehead atoms. The van der Waals surface area contributed by atoms with Gasteiger partial charge in [-0.1, -0.05) is 48.5 Å². The third-order valence-corrected chi connectivity index (χ3v) is 4.17. The zero-order valence-corrected chi connectivity index (χ0v) is 12.8. The van der Waals surface area contributed by atoms with E-state index in [0.29, 0.717) is 22.5 Å². The van der Waals surface area contributed by atoms with Gasteiger partial charge in [0.25, 0.3) is 11.8 Å². The van der Waals surface area contributed by atoms with Crippen molar-refractivity contribution in [3.05, 3.63) is 83.9 Å². The van der Waals surface area contributed by atoms with Gasteiger partial charge in [-0.25, -0.2) is 4.90 Å². The van der Waals surface area contributed by atoms with E-state index in [4.69, 9.17) is 5.73 Å². The third-order valence-electron chi connectivity index (χ3n) is 4.17. The monoisotopic (exact) mass is 314 g/mol. The Labute approximate surface area is 139 Å². The molecular formula is C20H14N2O2. The number of carbonyl (C=O) groups excluding carboxylic acids is 2. The summed E-state index contributed by atoms with van der Waals surface area (Å²) in [7, 11) is 0. The predicted octanol–water partition coefficient (Wildman–Crippen LogP) is 3.74. The van der Waals surface area contributed by atoms with Gasteiger partial charge in [-0.3, -0.25) is 9.59 Å². The number of hydrogen-bond donors (Lipinski definition) is 1. The second-order valence-corrected chi connectivity index (χ2v) is 5.63. The van der Waals surface area contributed by atoms with Crippen LogP contribution in [0.15, 0.2) is 72.8 Å². The first-order chi connectivity index (χ1) is 11.7. The fraction of sp³-hybridized carbons (Fsp3) is 0. The van der Waals surface area contributed by atoms with Crippen LogP contribution in [0.25, 0.3) is 11.1 Å². The van der Waals surface area contributed by atoms with Crippen LogP contribution in [0.3, 0.4) is 0 Å². The molecule has 1 heterocycles. The largest absolute Gasteiger partial charge is 0.397 e. The second kappa shape index (κ2) is 5.35. The number of anilines is 2. The van der Waals surface area contributed by atoms with Crippen molar-refractivity contribution in [2.75, 3.05) is 10.6 Å². The van der Waals surface area contributed by atoms with Gasteiger partial charge in [-0.05, 0) is 35.4 Å². The molecule has 1 aliphatic rings. The van der Waals surface area contributed by atoms with E-state index in [0.717, 1.165) is 16.0 Å². The van der Waals surface area contributed by atoms with Gasteiger partial charge in [0.05, 0.1) is 22.5 Å². The van der Waals surface area contributed by atoms with Gasteiger partial charge >= 0.3 is 0 Å². The molecule has 0 saturated heterocycles. The number of carbonyl (C=O) groups is 2. The molecule has 0 spiro atoms. The van der Waals surface area contributed by atoms with Crippen LogP contribution in [0.4, 0.5) is 11.4 Å². The highest BCUT2D eigenvalue weighted by Crippen LogP contribution is 2.34. The van der Waals surface area contributed by atoms with Crippen molar-refractivity contribution >= 4 is 23.2 Å². The Balaban J connectivity index is 1.76. The highest BCUT2D eigenvalue weighted by molar-refractivity contribution is 6.35. The van der Waals surface area contributed by atoms with Crippen molar-refractivity contribution in [1.29, 1.82) is 0 Å². The average molecular weight is 314 g/mol. The SMILES string of the molecule is Nc1cc(-c2ccccc2)ccc1N1C(=O)c2ccccc2C1=O. The number of fused-ring (bicyclic) bond motifs is 1. The van der Waals surface area contributed by atoms with Gasteiger partial charge in [0.2, 0.25) is 0 Å². The topological polar surface area (TPSA) is 63.4 Å². The normalized spacial score (nSPS) is 13.2. The number of benzene rings is 3. The highest BCUT2D eigenvalue weighted by atomic mass is 16.2. The molecule has 1 aliphatic heterocycles. The standard InChI is InChI=1S/C20H14N2O2/c21-17-12-14(13-6-2-1-3-7-13)10-11-18(17)22-19(23)15-8-4-5-9-16(15)20(22)24/h1-12H,21H2. The van der Waals surface area contributed by atoms with Crippen LogP contribution in [0, 0.1) is 0 Å². The molecule has 4 heteroatoms. The molecule has 0 aliphatic carbocycles. The Morgan fingerprint density at radius 2 is 1.25 bits per heavy atom. The Hall–Kier alpha value is -3.40. The van der Waals surface area contributed by atoms with Crippen molar-refractivity contribution < 1.29 is 9.59 Å². The smallest absolute Gasteiger partial charge is 0.266 e. The molecular weight excluding hydrogens is 300 g/mol. The maximum Gasteiger partial charge on any atom is 0.266 e. The number of rotatable bonds is 2. The number of nitrogens with two attached hydrogens (primary N) is 1. The summed E-state index contributed by atoms with van der Waals surface area (Å²) in [6.45, 7) is 0. The second-order valence-electron chi connectivity index (χ2n) is 5.63. The zero-order chi connectivity index (χ0) is 16.7. The molecule has 0 saturated carbocycles. The molecule has 3 aromatic rings. The lowest BCUT2D eigenvalue weighted by Crippen LogP contribution is -2.30. The molecule has 0 unspecified atom stereocenters. The zero-order valence-electron chi connectivity index (χ0n) is 12.8. The molecule has 24 heavy (non-hydrogen) atoms.